The second-order valence-electron chi connectivity index (χ2n) is 6.29. The first-order valence-electron chi connectivity index (χ1n) is 8.25. The molecule has 0 saturated carbocycles. The van der Waals surface area contributed by atoms with Gasteiger partial charge in [0.25, 0.3) is 0 Å². The largest absolute Gasteiger partial charge is 0.469 e. The van der Waals surface area contributed by atoms with Crippen LogP contribution in [0.4, 0.5) is 5.82 Å². The van der Waals surface area contributed by atoms with Gasteiger partial charge in [-0.25, -0.2) is 9.50 Å². The normalized spacial score (nSPS) is 16.0. The number of piperidine rings is 1. The summed E-state index contributed by atoms with van der Waals surface area (Å²) in [4.78, 5) is 18.8. The second-order valence-corrected chi connectivity index (χ2v) is 6.29. The van der Waals surface area contributed by atoms with E-state index < -0.39 is 0 Å². The first-order chi connectivity index (χ1) is 11.7. The van der Waals surface area contributed by atoms with Gasteiger partial charge in [-0.05, 0) is 31.9 Å². The maximum absolute atomic E-state index is 11.7. The Morgan fingerprint density at radius 1 is 1.25 bits per heavy atom. The van der Waals surface area contributed by atoms with E-state index in [0.29, 0.717) is 0 Å². The topological polar surface area (TPSA) is 59.7 Å². The summed E-state index contributed by atoms with van der Waals surface area (Å²) >= 11 is 0. The van der Waals surface area contributed by atoms with Gasteiger partial charge < -0.3 is 9.64 Å². The van der Waals surface area contributed by atoms with Crippen molar-refractivity contribution in [3.8, 4) is 0 Å². The highest BCUT2D eigenvalue weighted by molar-refractivity contribution is 5.91. The lowest BCUT2D eigenvalue weighted by Gasteiger charge is -2.32. The van der Waals surface area contributed by atoms with Gasteiger partial charge >= 0.3 is 5.97 Å². The average molecular weight is 324 g/mol. The minimum Gasteiger partial charge on any atom is -0.469 e. The number of nitrogens with zero attached hydrogens (tertiary/aromatic N) is 4. The zero-order valence-corrected chi connectivity index (χ0v) is 13.9. The van der Waals surface area contributed by atoms with Gasteiger partial charge in [0, 0.05) is 24.5 Å². The van der Waals surface area contributed by atoms with Crippen molar-refractivity contribution >= 4 is 28.3 Å². The van der Waals surface area contributed by atoms with Crippen molar-refractivity contribution in [3.05, 3.63) is 36.0 Å². The molecule has 1 aliphatic rings. The van der Waals surface area contributed by atoms with Gasteiger partial charge in [-0.15, -0.1) is 0 Å². The molecule has 2 aromatic heterocycles. The van der Waals surface area contributed by atoms with Crippen molar-refractivity contribution in [3.63, 3.8) is 0 Å². The van der Waals surface area contributed by atoms with Crippen molar-refractivity contribution in [1.29, 1.82) is 0 Å². The molecule has 24 heavy (non-hydrogen) atoms. The van der Waals surface area contributed by atoms with Crippen LogP contribution >= 0.6 is 0 Å². The van der Waals surface area contributed by atoms with E-state index in [-0.39, 0.29) is 11.9 Å². The predicted octanol–water partition coefficient (Wildman–Crippen LogP) is 2.58. The third-order valence-electron chi connectivity index (χ3n) is 4.74. The highest BCUT2D eigenvalue weighted by atomic mass is 16.5. The molecule has 1 fully saturated rings. The number of para-hydroxylation sites is 1. The molecular weight excluding hydrogens is 304 g/mol. The van der Waals surface area contributed by atoms with Crippen molar-refractivity contribution in [2.45, 2.75) is 19.8 Å². The van der Waals surface area contributed by atoms with Crippen LogP contribution in [0.15, 0.2) is 30.3 Å². The molecule has 1 aliphatic heterocycles. The van der Waals surface area contributed by atoms with Gasteiger partial charge in [0.1, 0.15) is 5.82 Å². The van der Waals surface area contributed by atoms with E-state index in [1.54, 1.807) is 0 Å². The van der Waals surface area contributed by atoms with Gasteiger partial charge in [-0.2, -0.15) is 5.10 Å². The van der Waals surface area contributed by atoms with Crippen molar-refractivity contribution in [2.24, 2.45) is 5.92 Å². The number of aryl methyl sites for hydroxylation is 1. The summed E-state index contributed by atoms with van der Waals surface area (Å²) < 4.78 is 6.77. The number of rotatable bonds is 2. The Morgan fingerprint density at radius 2 is 2.00 bits per heavy atom. The van der Waals surface area contributed by atoms with E-state index in [0.717, 1.165) is 54.0 Å². The third kappa shape index (κ3) is 2.38. The number of hydrogen-bond acceptors (Lipinski definition) is 5. The molecule has 6 nitrogen and oxygen atoms in total. The average Bonchev–Trinajstić information content (AvgIpc) is 3.01. The summed E-state index contributed by atoms with van der Waals surface area (Å²) in [6, 6.07) is 10.2. The Balaban J connectivity index is 1.75. The van der Waals surface area contributed by atoms with Crippen LogP contribution in [-0.4, -0.2) is 40.8 Å². The summed E-state index contributed by atoms with van der Waals surface area (Å²) in [7, 11) is 1.46. The number of carbonyl (C=O) groups is 1. The Morgan fingerprint density at radius 3 is 2.75 bits per heavy atom. The zero-order valence-electron chi connectivity index (χ0n) is 13.9. The summed E-state index contributed by atoms with van der Waals surface area (Å²) in [6.07, 6.45) is 1.60. The number of hydrogen-bond donors (Lipinski definition) is 0. The predicted molar refractivity (Wildman–Crippen MR) is 92.2 cm³/mol. The SMILES string of the molecule is COC(=O)C1CCN(c2nc3cc(C)nn3c3ccccc23)CC1. The highest BCUT2D eigenvalue weighted by Gasteiger charge is 2.27. The summed E-state index contributed by atoms with van der Waals surface area (Å²) in [5.41, 5.74) is 2.87. The molecule has 0 radical (unpaired) electrons. The number of ether oxygens (including phenoxy) is 1. The van der Waals surface area contributed by atoms with E-state index in [2.05, 4.69) is 22.1 Å². The van der Waals surface area contributed by atoms with Crippen LogP contribution in [0.3, 0.4) is 0 Å². The van der Waals surface area contributed by atoms with Gasteiger partial charge in [-0.1, -0.05) is 12.1 Å². The molecule has 0 unspecified atom stereocenters. The second kappa shape index (κ2) is 5.78. The molecule has 0 amide bonds. The quantitative estimate of drug-likeness (QED) is 0.678. The van der Waals surface area contributed by atoms with Gasteiger partial charge in [0.05, 0.1) is 24.2 Å². The molecule has 1 saturated heterocycles. The summed E-state index contributed by atoms with van der Waals surface area (Å²) in [5, 5.41) is 5.64. The zero-order chi connectivity index (χ0) is 16.7. The maximum atomic E-state index is 11.7. The van der Waals surface area contributed by atoms with Crippen LogP contribution in [0.25, 0.3) is 16.6 Å². The van der Waals surface area contributed by atoms with Crippen LogP contribution in [-0.2, 0) is 9.53 Å². The molecule has 1 aromatic carbocycles. The van der Waals surface area contributed by atoms with Crippen molar-refractivity contribution in [1.82, 2.24) is 14.6 Å². The van der Waals surface area contributed by atoms with E-state index in [9.17, 15) is 4.79 Å². The number of aromatic nitrogens is 3. The number of fused-ring (bicyclic) bond motifs is 3. The van der Waals surface area contributed by atoms with Crippen molar-refractivity contribution < 1.29 is 9.53 Å². The van der Waals surface area contributed by atoms with Gasteiger partial charge in [0.15, 0.2) is 5.65 Å². The fraction of sp³-hybridized carbons (Fsp3) is 0.389. The third-order valence-corrected chi connectivity index (χ3v) is 4.74. The fourth-order valence-corrected chi connectivity index (χ4v) is 3.49. The standard InChI is InChI=1S/C18H20N4O2/c1-12-11-16-19-17(14-5-3-4-6-15(14)22(16)20-12)21-9-7-13(8-10-21)18(23)24-2/h3-6,11,13H,7-10H2,1-2H3. The molecule has 0 bridgehead atoms. The van der Waals surface area contributed by atoms with Crippen LogP contribution in [0.2, 0.25) is 0 Å². The smallest absolute Gasteiger partial charge is 0.308 e. The number of methoxy groups -OCH3 is 1. The van der Waals surface area contributed by atoms with E-state index in [1.165, 1.54) is 7.11 Å². The van der Waals surface area contributed by atoms with Crippen LogP contribution in [0.1, 0.15) is 18.5 Å². The highest BCUT2D eigenvalue weighted by Crippen LogP contribution is 2.30. The van der Waals surface area contributed by atoms with Gasteiger partial charge in [-0.3, -0.25) is 4.79 Å². The number of benzene rings is 1. The summed E-state index contributed by atoms with van der Waals surface area (Å²) in [5.74, 6) is 0.870. The molecule has 0 atom stereocenters. The Hall–Kier alpha value is -2.63. The van der Waals surface area contributed by atoms with Crippen LogP contribution in [0, 0.1) is 12.8 Å². The van der Waals surface area contributed by atoms with Crippen LogP contribution < -0.4 is 4.90 Å². The van der Waals surface area contributed by atoms with Gasteiger partial charge in [0.2, 0.25) is 0 Å². The minimum absolute atomic E-state index is 0.00143. The number of anilines is 1. The van der Waals surface area contributed by atoms with E-state index in [1.807, 2.05) is 29.6 Å². The molecular formula is C18H20N4O2. The first-order valence-corrected chi connectivity index (χ1v) is 8.25. The Kier molecular flexibility index (Phi) is 3.59. The number of esters is 1. The Labute approximate surface area is 140 Å². The summed E-state index contributed by atoms with van der Waals surface area (Å²) in [6.45, 7) is 3.59. The molecule has 4 rings (SSSR count). The lowest BCUT2D eigenvalue weighted by molar-refractivity contribution is -0.146. The van der Waals surface area contributed by atoms with E-state index in [4.69, 9.17) is 9.72 Å². The van der Waals surface area contributed by atoms with Crippen LogP contribution in [0.5, 0.6) is 0 Å². The molecule has 6 heteroatoms. The molecule has 0 aliphatic carbocycles. The molecule has 3 aromatic rings. The monoisotopic (exact) mass is 324 g/mol. The number of carbonyl (C=O) groups excluding carboxylic acids is 1. The fourth-order valence-electron chi connectivity index (χ4n) is 3.49. The molecule has 124 valence electrons. The minimum atomic E-state index is -0.102. The molecule has 3 heterocycles. The van der Waals surface area contributed by atoms with E-state index >= 15 is 0 Å². The lowest BCUT2D eigenvalue weighted by atomic mass is 9.97. The Bertz CT molecular complexity index is 910. The maximum Gasteiger partial charge on any atom is 0.308 e. The first kappa shape index (κ1) is 14.9. The molecule has 0 spiro atoms. The lowest BCUT2D eigenvalue weighted by Crippen LogP contribution is -2.37. The van der Waals surface area contributed by atoms with Crippen molar-refractivity contribution in [2.75, 3.05) is 25.1 Å². The molecule has 0 N–H and O–H groups in total.